The Morgan fingerprint density at radius 1 is 1.46 bits per heavy atom. The summed E-state index contributed by atoms with van der Waals surface area (Å²) in [6, 6.07) is 10.1. The van der Waals surface area contributed by atoms with Gasteiger partial charge in [-0.05, 0) is 30.9 Å². The van der Waals surface area contributed by atoms with Crippen LogP contribution in [0.25, 0.3) is 11.0 Å². The minimum Gasteiger partial charge on any atom is -0.342 e. The highest BCUT2D eigenvalue weighted by Gasteiger charge is 2.21. The molecule has 1 aromatic carbocycles. The fraction of sp³-hybridized carbons (Fsp3) is 0.500. The molecular formula is C18H22N4OS. The van der Waals surface area contributed by atoms with Crippen molar-refractivity contribution in [3.63, 3.8) is 0 Å². The van der Waals surface area contributed by atoms with Gasteiger partial charge in [0.25, 0.3) is 0 Å². The van der Waals surface area contributed by atoms with Gasteiger partial charge >= 0.3 is 0 Å². The summed E-state index contributed by atoms with van der Waals surface area (Å²) < 4.78 is 2.05. The number of piperidine rings is 1. The van der Waals surface area contributed by atoms with E-state index in [9.17, 15) is 4.79 Å². The molecule has 3 rings (SSSR count). The first-order chi connectivity index (χ1) is 11.7. The van der Waals surface area contributed by atoms with Crippen LogP contribution in [-0.2, 0) is 11.3 Å². The molecule has 126 valence electrons. The first-order valence-electron chi connectivity index (χ1n) is 8.42. The lowest BCUT2D eigenvalue weighted by molar-refractivity contribution is -0.130. The van der Waals surface area contributed by atoms with Crippen LogP contribution in [0.5, 0.6) is 0 Å². The number of nitrogens with zero attached hydrogens (tertiary/aromatic N) is 4. The molecule has 0 unspecified atom stereocenters. The smallest absolute Gasteiger partial charge is 0.233 e. The Morgan fingerprint density at radius 2 is 2.29 bits per heavy atom. The van der Waals surface area contributed by atoms with E-state index in [2.05, 4.69) is 22.5 Å². The summed E-state index contributed by atoms with van der Waals surface area (Å²) in [6.07, 6.45) is 2.74. The van der Waals surface area contributed by atoms with Crippen LogP contribution in [0.4, 0.5) is 0 Å². The third-order valence-electron chi connectivity index (χ3n) is 4.40. The number of rotatable bonds is 5. The molecule has 1 aliphatic rings. The first kappa shape index (κ1) is 16.8. The number of imidazole rings is 1. The van der Waals surface area contributed by atoms with Crippen LogP contribution in [0, 0.1) is 17.2 Å². The summed E-state index contributed by atoms with van der Waals surface area (Å²) >= 11 is 1.48. The highest BCUT2D eigenvalue weighted by molar-refractivity contribution is 7.99. The van der Waals surface area contributed by atoms with Crippen molar-refractivity contribution in [3.8, 4) is 6.07 Å². The van der Waals surface area contributed by atoms with Gasteiger partial charge in [0, 0.05) is 19.6 Å². The number of carbonyl (C=O) groups excluding carboxylic acids is 1. The Labute approximate surface area is 146 Å². The van der Waals surface area contributed by atoms with Crippen molar-refractivity contribution >= 4 is 28.7 Å². The van der Waals surface area contributed by atoms with Crippen molar-refractivity contribution in [2.24, 2.45) is 5.92 Å². The second-order valence-corrected chi connectivity index (χ2v) is 7.26. The zero-order chi connectivity index (χ0) is 16.9. The van der Waals surface area contributed by atoms with Crippen molar-refractivity contribution in [1.29, 1.82) is 5.26 Å². The zero-order valence-electron chi connectivity index (χ0n) is 13.9. The quantitative estimate of drug-likeness (QED) is 0.782. The van der Waals surface area contributed by atoms with E-state index in [4.69, 9.17) is 5.26 Å². The Morgan fingerprint density at radius 3 is 3.08 bits per heavy atom. The summed E-state index contributed by atoms with van der Waals surface area (Å²) in [4.78, 5) is 19.1. The fourth-order valence-corrected chi connectivity index (χ4v) is 4.12. The Bertz CT molecular complexity index is 764. The first-order valence-corrected chi connectivity index (χ1v) is 9.40. The molecule has 1 fully saturated rings. The Balaban J connectivity index is 1.72. The topological polar surface area (TPSA) is 61.9 Å². The van der Waals surface area contributed by atoms with Crippen molar-refractivity contribution in [2.45, 2.75) is 37.9 Å². The highest BCUT2D eigenvalue weighted by atomic mass is 32.2. The summed E-state index contributed by atoms with van der Waals surface area (Å²) in [6.45, 7) is 4.54. The van der Waals surface area contributed by atoms with Gasteiger partial charge in [0.15, 0.2) is 5.16 Å². The van der Waals surface area contributed by atoms with E-state index in [1.165, 1.54) is 18.2 Å². The lowest BCUT2D eigenvalue weighted by Crippen LogP contribution is -2.40. The largest absolute Gasteiger partial charge is 0.342 e. The number of carbonyl (C=O) groups is 1. The van der Waals surface area contributed by atoms with Gasteiger partial charge < -0.3 is 9.47 Å². The number of hydrogen-bond acceptors (Lipinski definition) is 4. The van der Waals surface area contributed by atoms with Gasteiger partial charge in [-0.1, -0.05) is 30.8 Å². The summed E-state index contributed by atoms with van der Waals surface area (Å²) in [7, 11) is 0. The number of amides is 1. The molecule has 1 aliphatic heterocycles. The number of aromatic nitrogens is 2. The van der Waals surface area contributed by atoms with Gasteiger partial charge in [-0.15, -0.1) is 0 Å². The van der Waals surface area contributed by atoms with Gasteiger partial charge in [-0.3, -0.25) is 4.79 Å². The molecule has 2 aromatic rings. The molecule has 6 heteroatoms. The highest BCUT2D eigenvalue weighted by Crippen LogP contribution is 2.25. The van der Waals surface area contributed by atoms with E-state index in [0.717, 1.165) is 35.7 Å². The molecule has 0 radical (unpaired) electrons. The van der Waals surface area contributed by atoms with E-state index >= 15 is 0 Å². The van der Waals surface area contributed by atoms with Gasteiger partial charge in [-0.25, -0.2) is 4.98 Å². The van der Waals surface area contributed by atoms with E-state index in [1.54, 1.807) is 0 Å². The van der Waals surface area contributed by atoms with Gasteiger partial charge in [0.05, 0.1) is 29.3 Å². The van der Waals surface area contributed by atoms with Crippen molar-refractivity contribution in [2.75, 3.05) is 18.8 Å². The number of likely N-dealkylation sites (tertiary alicyclic amines) is 1. The predicted molar refractivity (Wildman–Crippen MR) is 95.7 cm³/mol. The second-order valence-electron chi connectivity index (χ2n) is 6.32. The van der Waals surface area contributed by atoms with Crippen LogP contribution >= 0.6 is 11.8 Å². The molecule has 0 bridgehead atoms. The molecule has 1 aromatic heterocycles. The molecule has 0 aliphatic carbocycles. The summed E-state index contributed by atoms with van der Waals surface area (Å²) in [5.74, 6) is 1.18. The number of benzene rings is 1. The Hall–Kier alpha value is -2.00. The van der Waals surface area contributed by atoms with Crippen molar-refractivity contribution in [3.05, 3.63) is 24.3 Å². The van der Waals surface area contributed by atoms with Crippen LogP contribution in [0.15, 0.2) is 29.4 Å². The monoisotopic (exact) mass is 342 g/mol. The van der Waals surface area contributed by atoms with Crippen molar-refractivity contribution < 1.29 is 4.79 Å². The molecule has 1 amide bonds. The zero-order valence-corrected chi connectivity index (χ0v) is 14.8. The van der Waals surface area contributed by atoms with Gasteiger partial charge in [0.2, 0.25) is 5.91 Å². The van der Waals surface area contributed by atoms with E-state index in [0.29, 0.717) is 24.6 Å². The number of hydrogen-bond donors (Lipinski definition) is 0. The third kappa shape index (κ3) is 3.73. The van der Waals surface area contributed by atoms with Gasteiger partial charge in [0.1, 0.15) is 0 Å². The molecule has 1 atom stereocenters. The minimum atomic E-state index is 0.186. The number of fused-ring (bicyclic) bond motifs is 1. The molecule has 1 saturated heterocycles. The normalized spacial score (nSPS) is 17.8. The van der Waals surface area contributed by atoms with E-state index in [1.807, 2.05) is 29.2 Å². The van der Waals surface area contributed by atoms with Gasteiger partial charge in [-0.2, -0.15) is 5.26 Å². The maximum atomic E-state index is 12.5. The maximum Gasteiger partial charge on any atom is 0.233 e. The van der Waals surface area contributed by atoms with Crippen LogP contribution in [0.3, 0.4) is 0 Å². The lowest BCUT2D eigenvalue weighted by Gasteiger charge is -2.30. The number of aryl methyl sites for hydroxylation is 1. The summed E-state index contributed by atoms with van der Waals surface area (Å²) in [5, 5.41) is 9.71. The molecule has 24 heavy (non-hydrogen) atoms. The molecule has 2 heterocycles. The SMILES string of the molecule is C[C@H]1CCCN(C(=O)CSc2nc3ccccc3n2CCC#N)C1. The van der Waals surface area contributed by atoms with E-state index in [-0.39, 0.29) is 5.91 Å². The minimum absolute atomic E-state index is 0.186. The maximum absolute atomic E-state index is 12.5. The van der Waals surface area contributed by atoms with Crippen LogP contribution in [0.1, 0.15) is 26.2 Å². The van der Waals surface area contributed by atoms with Crippen LogP contribution < -0.4 is 0 Å². The average Bonchev–Trinajstić information content (AvgIpc) is 2.95. The number of thioether (sulfide) groups is 1. The Kier molecular flexibility index (Phi) is 5.41. The number of para-hydroxylation sites is 2. The van der Waals surface area contributed by atoms with E-state index < -0.39 is 0 Å². The molecular weight excluding hydrogens is 320 g/mol. The van der Waals surface area contributed by atoms with Crippen LogP contribution in [-0.4, -0.2) is 39.2 Å². The molecule has 0 N–H and O–H groups in total. The van der Waals surface area contributed by atoms with Crippen molar-refractivity contribution in [1.82, 2.24) is 14.5 Å². The second kappa shape index (κ2) is 7.71. The molecule has 0 spiro atoms. The third-order valence-corrected chi connectivity index (χ3v) is 5.36. The molecule has 5 nitrogen and oxygen atoms in total. The average molecular weight is 342 g/mol. The van der Waals surface area contributed by atoms with Crippen LogP contribution in [0.2, 0.25) is 0 Å². The molecule has 0 saturated carbocycles. The summed E-state index contributed by atoms with van der Waals surface area (Å²) in [5.41, 5.74) is 1.94. The predicted octanol–water partition coefficient (Wildman–Crippen LogP) is 3.30. The fourth-order valence-electron chi connectivity index (χ4n) is 3.17. The standard InChI is InChI=1S/C18H22N4OS/c1-14-6-4-10-21(12-14)17(23)13-24-18-20-15-7-2-3-8-16(15)22(18)11-5-9-19/h2-3,7-8,14H,4-6,10-13H2,1H3/t14-/m0/s1. The number of nitriles is 1. The lowest BCUT2D eigenvalue weighted by atomic mass is 10.0.